The number of carbonyl (C=O) groups excluding carboxylic acids is 2. The number of nitrogens with zero attached hydrogens (tertiary/aromatic N) is 1. The van der Waals surface area contributed by atoms with Gasteiger partial charge in [0.2, 0.25) is 5.91 Å². The van der Waals surface area contributed by atoms with Crippen LogP contribution in [-0.2, 0) is 4.79 Å². The molecule has 7 heteroatoms. The van der Waals surface area contributed by atoms with Crippen LogP contribution in [0.25, 0.3) is 11.0 Å². The quantitative estimate of drug-likeness (QED) is 0.847. The highest BCUT2D eigenvalue weighted by molar-refractivity contribution is 6.05. The van der Waals surface area contributed by atoms with Gasteiger partial charge in [0.1, 0.15) is 11.3 Å². The molecule has 7 nitrogen and oxygen atoms in total. The number of ether oxygens (including phenoxy) is 1. The molecule has 0 unspecified atom stereocenters. The Morgan fingerprint density at radius 1 is 1.28 bits per heavy atom. The van der Waals surface area contributed by atoms with Crippen molar-refractivity contribution in [3.63, 3.8) is 0 Å². The lowest BCUT2D eigenvalue weighted by Crippen LogP contribution is -2.42. The summed E-state index contributed by atoms with van der Waals surface area (Å²) in [4.78, 5) is 37.6. The van der Waals surface area contributed by atoms with Gasteiger partial charge in [-0.2, -0.15) is 0 Å². The minimum absolute atomic E-state index is 0.199. The Labute approximate surface area is 144 Å². The molecule has 1 aromatic carbocycles. The van der Waals surface area contributed by atoms with Crippen LogP contribution in [-0.4, -0.2) is 36.4 Å². The van der Waals surface area contributed by atoms with Crippen molar-refractivity contribution in [2.24, 2.45) is 11.7 Å². The predicted molar refractivity (Wildman–Crippen MR) is 91.5 cm³/mol. The van der Waals surface area contributed by atoms with Crippen molar-refractivity contribution in [1.29, 1.82) is 0 Å². The highest BCUT2D eigenvalue weighted by atomic mass is 16.5. The van der Waals surface area contributed by atoms with E-state index in [0.29, 0.717) is 54.8 Å². The second kappa shape index (κ2) is 6.96. The van der Waals surface area contributed by atoms with E-state index >= 15 is 0 Å². The molecule has 0 aliphatic carbocycles. The highest BCUT2D eigenvalue weighted by Gasteiger charge is 2.27. The lowest BCUT2D eigenvalue weighted by Gasteiger charge is -2.30. The van der Waals surface area contributed by atoms with Gasteiger partial charge in [0.15, 0.2) is 0 Å². The summed E-state index contributed by atoms with van der Waals surface area (Å²) in [7, 11) is 0. The molecule has 0 radical (unpaired) electrons. The lowest BCUT2D eigenvalue weighted by molar-refractivity contribution is -0.123. The van der Waals surface area contributed by atoms with E-state index in [1.807, 2.05) is 6.92 Å². The van der Waals surface area contributed by atoms with E-state index in [1.165, 1.54) is 6.07 Å². The fraction of sp³-hybridized carbons (Fsp3) is 0.389. The summed E-state index contributed by atoms with van der Waals surface area (Å²) in [5.74, 6) is -0.202. The molecule has 1 aliphatic heterocycles. The fourth-order valence-electron chi connectivity index (χ4n) is 3.11. The SMILES string of the molecule is CCOc1ccc2c(C(=O)N3CCC(C(N)=O)CC3)cc(=O)oc2c1. The van der Waals surface area contributed by atoms with E-state index in [2.05, 4.69) is 0 Å². The Kier molecular flexibility index (Phi) is 4.74. The van der Waals surface area contributed by atoms with E-state index in [0.717, 1.165) is 0 Å². The van der Waals surface area contributed by atoms with Crippen molar-refractivity contribution in [1.82, 2.24) is 4.90 Å². The lowest BCUT2D eigenvalue weighted by atomic mass is 9.95. The summed E-state index contributed by atoms with van der Waals surface area (Å²) in [6, 6.07) is 6.27. The summed E-state index contributed by atoms with van der Waals surface area (Å²) >= 11 is 0. The van der Waals surface area contributed by atoms with Crippen LogP contribution in [0.4, 0.5) is 0 Å². The van der Waals surface area contributed by atoms with Crippen molar-refractivity contribution in [3.05, 3.63) is 40.2 Å². The minimum atomic E-state index is -0.587. The molecule has 1 saturated heterocycles. The maximum Gasteiger partial charge on any atom is 0.337 e. The molecular formula is C18H20N2O5. The molecule has 0 bridgehead atoms. The van der Waals surface area contributed by atoms with Crippen LogP contribution in [0.1, 0.15) is 30.1 Å². The van der Waals surface area contributed by atoms with Gasteiger partial charge in [-0.3, -0.25) is 9.59 Å². The van der Waals surface area contributed by atoms with Crippen molar-refractivity contribution in [3.8, 4) is 5.75 Å². The predicted octanol–water partition coefficient (Wildman–Crippen LogP) is 1.53. The highest BCUT2D eigenvalue weighted by Crippen LogP contribution is 2.25. The number of primary amides is 1. The van der Waals surface area contributed by atoms with E-state index in [1.54, 1.807) is 23.1 Å². The van der Waals surface area contributed by atoms with E-state index in [4.69, 9.17) is 14.9 Å². The monoisotopic (exact) mass is 344 g/mol. The molecule has 2 aromatic rings. The van der Waals surface area contributed by atoms with Gasteiger partial charge < -0.3 is 19.8 Å². The topological polar surface area (TPSA) is 103 Å². The number of nitrogens with two attached hydrogens (primary N) is 1. The third-order valence-corrected chi connectivity index (χ3v) is 4.44. The van der Waals surface area contributed by atoms with Gasteiger partial charge >= 0.3 is 5.63 Å². The number of amides is 2. The van der Waals surface area contributed by atoms with Gasteiger partial charge in [0, 0.05) is 36.5 Å². The van der Waals surface area contributed by atoms with Crippen LogP contribution in [0.15, 0.2) is 33.5 Å². The van der Waals surface area contributed by atoms with Gasteiger partial charge in [-0.15, -0.1) is 0 Å². The first kappa shape index (κ1) is 17.0. The Bertz CT molecular complexity index is 865. The molecule has 25 heavy (non-hydrogen) atoms. The van der Waals surface area contributed by atoms with Gasteiger partial charge in [-0.25, -0.2) is 4.79 Å². The van der Waals surface area contributed by atoms with Crippen LogP contribution in [0, 0.1) is 5.92 Å². The Morgan fingerprint density at radius 2 is 2.00 bits per heavy atom. The number of likely N-dealkylation sites (tertiary alicyclic amines) is 1. The average molecular weight is 344 g/mol. The Hall–Kier alpha value is -2.83. The molecule has 1 aromatic heterocycles. The van der Waals surface area contributed by atoms with E-state index < -0.39 is 5.63 Å². The zero-order valence-corrected chi connectivity index (χ0v) is 14.0. The van der Waals surface area contributed by atoms with Crippen molar-refractivity contribution in [2.75, 3.05) is 19.7 Å². The Balaban J connectivity index is 1.91. The van der Waals surface area contributed by atoms with Gasteiger partial charge in [0.25, 0.3) is 5.91 Å². The summed E-state index contributed by atoms with van der Waals surface area (Å²) in [6.45, 7) is 3.22. The molecule has 0 atom stereocenters. The Morgan fingerprint density at radius 3 is 2.64 bits per heavy atom. The van der Waals surface area contributed by atoms with Crippen molar-refractivity contribution < 1.29 is 18.7 Å². The second-order valence-electron chi connectivity index (χ2n) is 6.04. The minimum Gasteiger partial charge on any atom is -0.494 e. The summed E-state index contributed by atoms with van der Waals surface area (Å²) in [5.41, 5.74) is 5.35. The van der Waals surface area contributed by atoms with Crippen LogP contribution in [0.3, 0.4) is 0 Å². The number of hydrogen-bond donors (Lipinski definition) is 1. The van der Waals surface area contributed by atoms with Gasteiger partial charge in [0.05, 0.1) is 12.2 Å². The summed E-state index contributed by atoms with van der Waals surface area (Å²) in [6.07, 6.45) is 1.07. The van der Waals surface area contributed by atoms with Crippen molar-refractivity contribution in [2.45, 2.75) is 19.8 Å². The van der Waals surface area contributed by atoms with Crippen LogP contribution >= 0.6 is 0 Å². The normalized spacial score (nSPS) is 15.3. The van der Waals surface area contributed by atoms with Crippen LogP contribution in [0.2, 0.25) is 0 Å². The average Bonchev–Trinajstić information content (AvgIpc) is 2.60. The third-order valence-electron chi connectivity index (χ3n) is 4.44. The molecule has 132 valence electrons. The number of fused-ring (bicyclic) bond motifs is 1. The van der Waals surface area contributed by atoms with Gasteiger partial charge in [-0.1, -0.05) is 0 Å². The summed E-state index contributed by atoms with van der Waals surface area (Å²) < 4.78 is 10.6. The molecule has 0 saturated carbocycles. The molecule has 1 fully saturated rings. The van der Waals surface area contributed by atoms with Crippen LogP contribution < -0.4 is 16.1 Å². The largest absolute Gasteiger partial charge is 0.494 e. The molecule has 2 amide bonds. The number of hydrogen-bond acceptors (Lipinski definition) is 5. The molecule has 2 heterocycles. The van der Waals surface area contributed by atoms with Crippen molar-refractivity contribution >= 4 is 22.8 Å². The number of rotatable bonds is 4. The van der Waals surface area contributed by atoms with E-state index in [9.17, 15) is 14.4 Å². The molecule has 2 N–H and O–H groups in total. The first-order valence-corrected chi connectivity index (χ1v) is 8.29. The zero-order valence-electron chi connectivity index (χ0n) is 14.0. The number of benzene rings is 1. The van der Waals surface area contributed by atoms with Crippen LogP contribution in [0.5, 0.6) is 5.75 Å². The number of carbonyl (C=O) groups is 2. The molecule has 1 aliphatic rings. The maximum absolute atomic E-state index is 12.9. The zero-order chi connectivity index (χ0) is 18.0. The molecule has 3 rings (SSSR count). The molecule has 0 spiro atoms. The maximum atomic E-state index is 12.9. The number of piperidine rings is 1. The standard InChI is InChI=1S/C18H20N2O5/c1-2-24-12-3-4-13-14(10-16(21)25-15(13)9-12)18(23)20-7-5-11(6-8-20)17(19)22/h3-4,9-11H,2,5-8H2,1H3,(H2,19,22). The molecular weight excluding hydrogens is 324 g/mol. The second-order valence-corrected chi connectivity index (χ2v) is 6.04. The summed E-state index contributed by atoms with van der Waals surface area (Å²) in [5, 5.41) is 0.560. The fourth-order valence-corrected chi connectivity index (χ4v) is 3.11. The third kappa shape index (κ3) is 3.50. The smallest absolute Gasteiger partial charge is 0.337 e. The first-order valence-electron chi connectivity index (χ1n) is 8.29. The first-order chi connectivity index (χ1) is 12.0. The van der Waals surface area contributed by atoms with E-state index in [-0.39, 0.29) is 17.7 Å². The van der Waals surface area contributed by atoms with Gasteiger partial charge in [-0.05, 0) is 31.9 Å².